The van der Waals surface area contributed by atoms with Crippen LogP contribution in [0.4, 0.5) is 0 Å². The molecule has 1 aromatic heterocycles. The Balaban J connectivity index is 2.13. The van der Waals surface area contributed by atoms with Crippen LogP contribution in [0.3, 0.4) is 0 Å². The first-order chi connectivity index (χ1) is 6.78. The molecule has 0 amide bonds. The molecule has 0 unspecified atom stereocenters. The van der Waals surface area contributed by atoms with E-state index in [0.29, 0.717) is 0 Å². The van der Waals surface area contributed by atoms with Crippen LogP contribution in [0.2, 0.25) is 0 Å². The first kappa shape index (κ1) is 8.44. The summed E-state index contributed by atoms with van der Waals surface area (Å²) in [6.07, 6.45) is 1.71. The Kier molecular flexibility index (Phi) is 1.69. The van der Waals surface area contributed by atoms with Gasteiger partial charge >= 0.3 is 0 Å². The van der Waals surface area contributed by atoms with Gasteiger partial charge in [0.15, 0.2) is 0 Å². The van der Waals surface area contributed by atoms with Crippen molar-refractivity contribution in [2.75, 3.05) is 13.2 Å². The van der Waals surface area contributed by atoms with Crippen molar-refractivity contribution in [3.05, 3.63) is 30.1 Å². The molecule has 4 heteroatoms. The van der Waals surface area contributed by atoms with Gasteiger partial charge in [-0.3, -0.25) is 0 Å². The Bertz CT molecular complexity index is 476. The predicted molar refractivity (Wildman–Crippen MR) is 57.5 cm³/mol. The molecule has 1 aliphatic heterocycles. The highest BCUT2D eigenvalue weighted by molar-refractivity contribution is 9.09. The van der Waals surface area contributed by atoms with Gasteiger partial charge in [0.1, 0.15) is 0 Å². The fourth-order valence-electron chi connectivity index (χ4n) is 1.66. The van der Waals surface area contributed by atoms with E-state index in [2.05, 4.69) is 38.0 Å². The summed E-state index contributed by atoms with van der Waals surface area (Å²) < 4.78 is 5.23. The molecule has 0 spiro atoms. The highest BCUT2D eigenvalue weighted by Crippen LogP contribution is 2.39. The number of hydrogen-bond donors (Lipinski definition) is 1. The maximum absolute atomic E-state index is 5.21. The molecule has 72 valence electrons. The quantitative estimate of drug-likeness (QED) is 0.791. The fourth-order valence-corrected chi connectivity index (χ4v) is 2.23. The number of H-pyrrole nitrogens is 1. The van der Waals surface area contributed by atoms with Crippen LogP contribution in [-0.4, -0.2) is 23.2 Å². The van der Waals surface area contributed by atoms with Gasteiger partial charge in [-0.2, -0.15) is 0 Å². The van der Waals surface area contributed by atoms with E-state index in [1.807, 2.05) is 6.07 Å². The summed E-state index contributed by atoms with van der Waals surface area (Å²) in [7, 11) is 0. The molecule has 1 aliphatic rings. The van der Waals surface area contributed by atoms with Crippen molar-refractivity contribution in [2.45, 2.75) is 4.32 Å². The number of fused-ring (bicyclic) bond motifs is 1. The zero-order valence-electron chi connectivity index (χ0n) is 7.46. The lowest BCUT2D eigenvalue weighted by Gasteiger charge is -2.36. The summed E-state index contributed by atoms with van der Waals surface area (Å²) in [6.45, 7) is 1.49. The van der Waals surface area contributed by atoms with Gasteiger partial charge < -0.3 is 9.72 Å². The van der Waals surface area contributed by atoms with Gasteiger partial charge in [0, 0.05) is 0 Å². The second-order valence-electron chi connectivity index (χ2n) is 3.59. The largest absolute Gasteiger partial charge is 0.378 e. The number of hydrogen-bond acceptors (Lipinski definition) is 2. The Hall–Kier alpha value is -0.870. The molecule has 3 rings (SSSR count). The average Bonchev–Trinajstić information content (AvgIpc) is 2.60. The number of halogens is 1. The Morgan fingerprint density at radius 3 is 3.00 bits per heavy atom. The molecule has 2 heterocycles. The third-order valence-corrected chi connectivity index (χ3v) is 3.51. The van der Waals surface area contributed by atoms with Gasteiger partial charge in [0.05, 0.1) is 34.9 Å². The average molecular weight is 253 g/mol. The normalized spacial score (nSPS) is 19.5. The lowest BCUT2D eigenvalue weighted by molar-refractivity contribution is -0.00693. The number of alkyl halides is 1. The topological polar surface area (TPSA) is 37.9 Å². The van der Waals surface area contributed by atoms with E-state index >= 15 is 0 Å². The minimum Gasteiger partial charge on any atom is -0.378 e. The molecule has 1 fully saturated rings. The van der Waals surface area contributed by atoms with Gasteiger partial charge in [-0.15, -0.1) is 0 Å². The van der Waals surface area contributed by atoms with Crippen molar-refractivity contribution in [1.29, 1.82) is 0 Å². The number of ether oxygens (including phenoxy) is 1. The lowest BCUT2D eigenvalue weighted by atomic mass is 9.97. The van der Waals surface area contributed by atoms with E-state index in [-0.39, 0.29) is 4.32 Å². The molecule has 14 heavy (non-hydrogen) atoms. The summed E-state index contributed by atoms with van der Waals surface area (Å²) in [5, 5.41) is 0. The summed E-state index contributed by atoms with van der Waals surface area (Å²) in [5.41, 5.74) is 3.33. The smallest absolute Gasteiger partial charge is 0.0972 e. The van der Waals surface area contributed by atoms with Crippen molar-refractivity contribution in [2.24, 2.45) is 0 Å². The molecule has 3 nitrogen and oxygen atoms in total. The van der Waals surface area contributed by atoms with Crippen LogP contribution in [0.1, 0.15) is 5.56 Å². The molecular formula is C10H9BrN2O. The summed E-state index contributed by atoms with van der Waals surface area (Å²) in [6, 6.07) is 6.25. The molecule has 0 atom stereocenters. The maximum atomic E-state index is 5.21. The number of aromatic nitrogens is 2. The summed E-state index contributed by atoms with van der Waals surface area (Å²) in [5.74, 6) is 0. The van der Waals surface area contributed by atoms with Crippen LogP contribution in [-0.2, 0) is 9.06 Å². The van der Waals surface area contributed by atoms with Crippen LogP contribution >= 0.6 is 15.9 Å². The van der Waals surface area contributed by atoms with E-state index in [1.54, 1.807) is 6.33 Å². The first-order valence-corrected chi connectivity index (χ1v) is 5.27. The van der Waals surface area contributed by atoms with Crippen LogP contribution in [0, 0.1) is 0 Å². The third-order valence-electron chi connectivity index (χ3n) is 2.60. The summed E-state index contributed by atoms with van der Waals surface area (Å²) >= 11 is 3.69. The Morgan fingerprint density at radius 2 is 2.29 bits per heavy atom. The lowest BCUT2D eigenvalue weighted by Crippen LogP contribution is -2.40. The number of aromatic amines is 1. The van der Waals surface area contributed by atoms with Crippen LogP contribution in [0.25, 0.3) is 11.0 Å². The molecule has 0 saturated carbocycles. The Morgan fingerprint density at radius 1 is 1.43 bits per heavy atom. The van der Waals surface area contributed by atoms with Gasteiger partial charge in [0.2, 0.25) is 0 Å². The van der Waals surface area contributed by atoms with Crippen molar-refractivity contribution < 1.29 is 4.74 Å². The van der Waals surface area contributed by atoms with Crippen molar-refractivity contribution in [1.82, 2.24) is 9.97 Å². The molecule has 1 saturated heterocycles. The standard InChI is InChI=1S/C10H9BrN2O/c11-10(4-14-5-10)7-1-2-8-9(3-7)13-6-12-8/h1-3,6H,4-5H2,(H,12,13). The predicted octanol–water partition coefficient (Wildman–Crippen LogP) is 2.18. The number of benzene rings is 1. The number of rotatable bonds is 1. The van der Waals surface area contributed by atoms with Gasteiger partial charge in [0.25, 0.3) is 0 Å². The maximum Gasteiger partial charge on any atom is 0.0972 e. The zero-order chi connectivity index (χ0) is 9.60. The molecule has 0 radical (unpaired) electrons. The third kappa shape index (κ3) is 1.11. The molecular weight excluding hydrogens is 244 g/mol. The zero-order valence-corrected chi connectivity index (χ0v) is 9.04. The Labute approximate surface area is 89.6 Å². The molecule has 0 bridgehead atoms. The summed E-state index contributed by atoms with van der Waals surface area (Å²) in [4.78, 5) is 7.29. The van der Waals surface area contributed by atoms with Crippen LogP contribution < -0.4 is 0 Å². The van der Waals surface area contributed by atoms with Gasteiger partial charge in [-0.1, -0.05) is 22.0 Å². The first-order valence-electron chi connectivity index (χ1n) is 4.48. The minimum absolute atomic E-state index is 0.0201. The van der Waals surface area contributed by atoms with E-state index in [4.69, 9.17) is 4.74 Å². The number of imidazole rings is 1. The van der Waals surface area contributed by atoms with Crippen molar-refractivity contribution in [3.8, 4) is 0 Å². The number of nitrogens with one attached hydrogen (secondary N) is 1. The minimum atomic E-state index is 0.0201. The van der Waals surface area contributed by atoms with E-state index in [9.17, 15) is 0 Å². The van der Waals surface area contributed by atoms with Gasteiger partial charge in [-0.05, 0) is 17.7 Å². The second kappa shape index (κ2) is 2.81. The van der Waals surface area contributed by atoms with E-state index in [0.717, 1.165) is 24.2 Å². The van der Waals surface area contributed by atoms with Crippen LogP contribution in [0.15, 0.2) is 24.5 Å². The SMILES string of the molecule is BrC1(c2ccc3nc[nH]c3c2)COC1. The highest BCUT2D eigenvalue weighted by Gasteiger charge is 2.37. The second-order valence-corrected chi connectivity index (χ2v) is 5.11. The van der Waals surface area contributed by atoms with Crippen LogP contribution in [0.5, 0.6) is 0 Å². The fraction of sp³-hybridized carbons (Fsp3) is 0.300. The highest BCUT2D eigenvalue weighted by atomic mass is 79.9. The molecule has 1 aromatic carbocycles. The molecule has 1 N–H and O–H groups in total. The molecule has 2 aromatic rings. The number of nitrogens with zero attached hydrogens (tertiary/aromatic N) is 1. The van der Waals surface area contributed by atoms with E-state index in [1.165, 1.54) is 5.56 Å². The van der Waals surface area contributed by atoms with E-state index < -0.39 is 0 Å². The van der Waals surface area contributed by atoms with Gasteiger partial charge in [-0.25, -0.2) is 4.98 Å². The monoisotopic (exact) mass is 252 g/mol. The van der Waals surface area contributed by atoms with Crippen molar-refractivity contribution in [3.63, 3.8) is 0 Å². The molecule has 0 aliphatic carbocycles. The van der Waals surface area contributed by atoms with Crippen molar-refractivity contribution >= 4 is 27.0 Å².